The minimum atomic E-state index is -1.45. The number of aliphatic hydroxyl groups is 1. The molecular weight excluding hydrogens is 267 g/mol. The van der Waals surface area contributed by atoms with Gasteiger partial charge in [-0.3, -0.25) is 0 Å². The van der Waals surface area contributed by atoms with E-state index < -0.39 is 7.12 Å². The van der Waals surface area contributed by atoms with Crippen LogP contribution < -0.4 is 10.2 Å². The number of aliphatic hydroxyl groups excluding tert-OH is 1. The molecule has 108 valence electrons. The van der Waals surface area contributed by atoms with E-state index in [9.17, 15) is 5.11 Å². The zero-order valence-corrected chi connectivity index (χ0v) is 11.7. The molecule has 3 N–H and O–H groups in total. The molecule has 2 rings (SSSR count). The van der Waals surface area contributed by atoms with Crippen LogP contribution in [0.4, 0.5) is 0 Å². The van der Waals surface area contributed by atoms with Crippen LogP contribution in [0.15, 0.2) is 42.5 Å². The van der Waals surface area contributed by atoms with Gasteiger partial charge in [0.25, 0.3) is 0 Å². The molecule has 2 aromatic carbocycles. The number of hydrogen-bond acceptors (Lipinski definition) is 4. The van der Waals surface area contributed by atoms with Gasteiger partial charge in [-0.15, -0.1) is 0 Å². The van der Waals surface area contributed by atoms with E-state index in [1.165, 1.54) is 0 Å². The SMILES string of the molecule is COc1cc(C=Cc2ccc(B(O)O)cc2)cc(CO)c1. The van der Waals surface area contributed by atoms with Crippen LogP contribution in [0, 0.1) is 0 Å². The third-order valence-electron chi connectivity index (χ3n) is 3.11. The first-order chi connectivity index (χ1) is 10.1. The molecule has 2 aromatic rings. The zero-order valence-electron chi connectivity index (χ0n) is 11.7. The number of hydrogen-bond donors (Lipinski definition) is 3. The van der Waals surface area contributed by atoms with E-state index in [0.717, 1.165) is 16.7 Å². The molecule has 0 heterocycles. The maximum Gasteiger partial charge on any atom is 0.488 e. The molecular formula is C16H17BO4. The second-order valence-corrected chi connectivity index (χ2v) is 4.65. The maximum atomic E-state index is 9.22. The molecule has 21 heavy (non-hydrogen) atoms. The molecule has 0 atom stereocenters. The fourth-order valence-corrected chi connectivity index (χ4v) is 1.96. The van der Waals surface area contributed by atoms with E-state index in [1.54, 1.807) is 37.4 Å². The highest BCUT2D eigenvalue weighted by molar-refractivity contribution is 6.58. The molecule has 0 aliphatic carbocycles. The highest BCUT2D eigenvalue weighted by Gasteiger charge is 2.08. The number of methoxy groups -OCH3 is 1. The smallest absolute Gasteiger partial charge is 0.488 e. The normalized spacial score (nSPS) is 10.9. The molecule has 0 aliphatic heterocycles. The van der Waals surface area contributed by atoms with Crippen molar-refractivity contribution in [3.05, 3.63) is 59.2 Å². The van der Waals surface area contributed by atoms with E-state index in [1.807, 2.05) is 24.3 Å². The molecule has 0 saturated heterocycles. The summed E-state index contributed by atoms with van der Waals surface area (Å²) >= 11 is 0. The lowest BCUT2D eigenvalue weighted by Crippen LogP contribution is -2.29. The number of ether oxygens (including phenoxy) is 1. The van der Waals surface area contributed by atoms with Crippen LogP contribution in [0.25, 0.3) is 12.2 Å². The van der Waals surface area contributed by atoms with Gasteiger partial charge in [-0.2, -0.15) is 0 Å². The van der Waals surface area contributed by atoms with Gasteiger partial charge in [-0.1, -0.05) is 36.4 Å². The Labute approximate surface area is 124 Å². The molecule has 0 bridgehead atoms. The molecule has 0 aliphatic rings. The lowest BCUT2D eigenvalue weighted by atomic mass is 9.80. The molecule has 5 heteroatoms. The van der Waals surface area contributed by atoms with Crippen LogP contribution >= 0.6 is 0 Å². The predicted molar refractivity (Wildman–Crippen MR) is 84.1 cm³/mol. The summed E-state index contributed by atoms with van der Waals surface area (Å²) in [7, 11) is 0.136. The van der Waals surface area contributed by atoms with Gasteiger partial charge in [0.15, 0.2) is 0 Å². The summed E-state index contributed by atoms with van der Waals surface area (Å²) in [5, 5.41) is 27.3. The Kier molecular flexibility index (Phi) is 5.17. The first-order valence-corrected chi connectivity index (χ1v) is 6.55. The quantitative estimate of drug-likeness (QED) is 0.567. The molecule has 0 unspecified atom stereocenters. The Morgan fingerprint density at radius 2 is 1.67 bits per heavy atom. The Bertz CT molecular complexity index is 598. The third kappa shape index (κ3) is 4.19. The first kappa shape index (κ1) is 15.3. The van der Waals surface area contributed by atoms with Gasteiger partial charge in [0.2, 0.25) is 0 Å². The highest BCUT2D eigenvalue weighted by atomic mass is 16.5. The van der Waals surface area contributed by atoms with E-state index in [2.05, 4.69) is 0 Å². The van der Waals surface area contributed by atoms with Crippen molar-refractivity contribution < 1.29 is 19.9 Å². The zero-order chi connectivity index (χ0) is 15.2. The summed E-state index contributed by atoms with van der Waals surface area (Å²) in [6.45, 7) is -0.0406. The molecule has 4 nitrogen and oxygen atoms in total. The molecule has 0 aromatic heterocycles. The molecule has 0 fully saturated rings. The van der Waals surface area contributed by atoms with Crippen LogP contribution in [-0.4, -0.2) is 29.4 Å². The summed E-state index contributed by atoms with van der Waals surface area (Å²) in [6.07, 6.45) is 3.82. The number of benzene rings is 2. The van der Waals surface area contributed by atoms with E-state index in [4.69, 9.17) is 14.8 Å². The fourth-order valence-electron chi connectivity index (χ4n) is 1.96. The van der Waals surface area contributed by atoms with Crippen LogP contribution in [0.2, 0.25) is 0 Å². The van der Waals surface area contributed by atoms with Gasteiger partial charge < -0.3 is 19.9 Å². The molecule has 0 amide bonds. The average molecular weight is 284 g/mol. The standard InChI is InChI=1S/C16H17BO4/c1-21-16-9-13(8-14(10-16)11-18)3-2-12-4-6-15(7-5-12)17(19)20/h2-10,18-20H,11H2,1H3. The Hall–Kier alpha value is -2.08. The van der Waals surface area contributed by atoms with Crippen molar-refractivity contribution in [3.8, 4) is 5.75 Å². The second-order valence-electron chi connectivity index (χ2n) is 4.65. The summed E-state index contributed by atoms with van der Waals surface area (Å²) in [5.74, 6) is 0.694. The van der Waals surface area contributed by atoms with Crippen molar-refractivity contribution in [1.82, 2.24) is 0 Å². The monoisotopic (exact) mass is 284 g/mol. The molecule has 0 radical (unpaired) electrons. The first-order valence-electron chi connectivity index (χ1n) is 6.55. The van der Waals surface area contributed by atoms with Crippen molar-refractivity contribution in [2.24, 2.45) is 0 Å². The Morgan fingerprint density at radius 3 is 2.24 bits per heavy atom. The van der Waals surface area contributed by atoms with E-state index in [-0.39, 0.29) is 6.61 Å². The predicted octanol–water partition coefficient (Wildman–Crippen LogP) is 1.04. The van der Waals surface area contributed by atoms with Crippen molar-refractivity contribution in [1.29, 1.82) is 0 Å². The highest BCUT2D eigenvalue weighted by Crippen LogP contribution is 2.19. The van der Waals surface area contributed by atoms with Gasteiger partial charge in [0.05, 0.1) is 13.7 Å². The van der Waals surface area contributed by atoms with Crippen LogP contribution in [0.3, 0.4) is 0 Å². The topological polar surface area (TPSA) is 69.9 Å². The summed E-state index contributed by atoms with van der Waals surface area (Å²) in [4.78, 5) is 0. The van der Waals surface area contributed by atoms with Gasteiger partial charge in [-0.25, -0.2) is 0 Å². The van der Waals surface area contributed by atoms with Crippen LogP contribution in [-0.2, 0) is 6.61 Å². The summed E-state index contributed by atoms with van der Waals surface area (Å²) in [5.41, 5.74) is 3.10. The maximum absolute atomic E-state index is 9.22. The lowest BCUT2D eigenvalue weighted by molar-refractivity contribution is 0.281. The largest absolute Gasteiger partial charge is 0.497 e. The van der Waals surface area contributed by atoms with Gasteiger partial charge in [0, 0.05) is 0 Å². The van der Waals surface area contributed by atoms with Crippen molar-refractivity contribution >= 4 is 24.7 Å². The lowest BCUT2D eigenvalue weighted by Gasteiger charge is -2.05. The van der Waals surface area contributed by atoms with Gasteiger partial charge in [0.1, 0.15) is 5.75 Å². The molecule has 0 spiro atoms. The number of rotatable bonds is 5. The van der Waals surface area contributed by atoms with Crippen molar-refractivity contribution in [2.75, 3.05) is 7.11 Å². The van der Waals surface area contributed by atoms with Crippen molar-refractivity contribution in [2.45, 2.75) is 6.61 Å². The minimum Gasteiger partial charge on any atom is -0.497 e. The third-order valence-corrected chi connectivity index (χ3v) is 3.11. The van der Waals surface area contributed by atoms with Crippen molar-refractivity contribution in [3.63, 3.8) is 0 Å². The minimum absolute atomic E-state index is 0.0406. The van der Waals surface area contributed by atoms with Gasteiger partial charge >= 0.3 is 7.12 Å². The summed E-state index contributed by atoms with van der Waals surface area (Å²) < 4.78 is 5.19. The van der Waals surface area contributed by atoms with Gasteiger partial charge in [-0.05, 0) is 40.4 Å². The molecule has 0 saturated carbocycles. The van der Waals surface area contributed by atoms with Crippen LogP contribution in [0.5, 0.6) is 5.75 Å². The Balaban J connectivity index is 2.20. The van der Waals surface area contributed by atoms with E-state index >= 15 is 0 Å². The Morgan fingerprint density at radius 1 is 1.00 bits per heavy atom. The average Bonchev–Trinajstić information content (AvgIpc) is 2.52. The fraction of sp³-hybridized carbons (Fsp3) is 0.125. The van der Waals surface area contributed by atoms with E-state index in [0.29, 0.717) is 11.2 Å². The second kappa shape index (κ2) is 7.08. The van der Waals surface area contributed by atoms with Crippen LogP contribution in [0.1, 0.15) is 16.7 Å². The summed E-state index contributed by atoms with van der Waals surface area (Å²) in [6, 6.07) is 12.5.